The first-order chi connectivity index (χ1) is 7.95. The minimum Gasteiger partial charge on any atom is -0.315 e. The van der Waals surface area contributed by atoms with Crippen LogP contribution in [0, 0.1) is 5.92 Å². The molecule has 2 aliphatic rings. The van der Waals surface area contributed by atoms with E-state index in [-0.39, 0.29) is 0 Å². The summed E-state index contributed by atoms with van der Waals surface area (Å²) in [6, 6.07) is 0. The van der Waals surface area contributed by atoms with Crippen LogP contribution in [0.1, 0.15) is 32.1 Å². The molecule has 0 aliphatic carbocycles. The van der Waals surface area contributed by atoms with Crippen LogP contribution in [0.25, 0.3) is 0 Å². The van der Waals surface area contributed by atoms with Crippen molar-refractivity contribution in [3.8, 4) is 0 Å². The smallest absolute Gasteiger partial charge is 0.0107 e. The fourth-order valence-electron chi connectivity index (χ4n) is 2.65. The Labute approximate surface area is 105 Å². The summed E-state index contributed by atoms with van der Waals surface area (Å²) in [5.41, 5.74) is 0. The van der Waals surface area contributed by atoms with Crippen LogP contribution >= 0.6 is 11.8 Å². The third-order valence-electron chi connectivity index (χ3n) is 3.76. The number of hydrogen-bond donors (Lipinski definition) is 1. The zero-order chi connectivity index (χ0) is 11.1. The van der Waals surface area contributed by atoms with Gasteiger partial charge in [-0.1, -0.05) is 12.8 Å². The molecular weight excluding hydrogens is 216 g/mol. The predicted molar refractivity (Wildman–Crippen MR) is 73.2 cm³/mol. The van der Waals surface area contributed by atoms with Crippen molar-refractivity contribution in [2.45, 2.75) is 32.1 Å². The van der Waals surface area contributed by atoms with E-state index in [0.717, 1.165) is 5.92 Å². The van der Waals surface area contributed by atoms with E-state index < -0.39 is 0 Å². The second-order valence-electron chi connectivity index (χ2n) is 5.19. The lowest BCUT2D eigenvalue weighted by atomic mass is 10.1. The highest BCUT2D eigenvalue weighted by Crippen LogP contribution is 2.22. The SMILES string of the molecule is C1CCCN(CCNCC2CCSC2)CC1. The summed E-state index contributed by atoms with van der Waals surface area (Å²) < 4.78 is 0. The molecule has 1 unspecified atom stereocenters. The van der Waals surface area contributed by atoms with Gasteiger partial charge in [0.25, 0.3) is 0 Å². The molecule has 1 N–H and O–H groups in total. The number of nitrogens with one attached hydrogen (secondary N) is 1. The lowest BCUT2D eigenvalue weighted by molar-refractivity contribution is 0.282. The fourth-order valence-corrected chi connectivity index (χ4v) is 3.93. The van der Waals surface area contributed by atoms with Gasteiger partial charge in [-0.2, -0.15) is 11.8 Å². The molecule has 0 amide bonds. The highest BCUT2D eigenvalue weighted by Gasteiger charge is 2.14. The molecule has 0 aromatic heterocycles. The molecule has 0 saturated carbocycles. The topological polar surface area (TPSA) is 15.3 Å². The Hall–Kier alpha value is 0.270. The number of likely N-dealkylation sites (tertiary alicyclic amines) is 1. The number of hydrogen-bond acceptors (Lipinski definition) is 3. The van der Waals surface area contributed by atoms with Gasteiger partial charge < -0.3 is 10.2 Å². The lowest BCUT2D eigenvalue weighted by Gasteiger charge is -2.20. The molecule has 16 heavy (non-hydrogen) atoms. The molecule has 2 rings (SSSR count). The summed E-state index contributed by atoms with van der Waals surface area (Å²) in [4.78, 5) is 2.64. The Morgan fingerprint density at radius 3 is 2.62 bits per heavy atom. The molecule has 2 aliphatic heterocycles. The van der Waals surface area contributed by atoms with Crippen molar-refractivity contribution < 1.29 is 0 Å². The molecule has 0 aromatic rings. The summed E-state index contributed by atoms with van der Waals surface area (Å²) in [5, 5.41) is 3.64. The standard InChI is InChI=1S/C13H26N2S/c1-2-4-8-15(7-3-1)9-6-14-11-13-5-10-16-12-13/h13-14H,1-12H2. The number of rotatable bonds is 5. The molecule has 0 bridgehead atoms. The second kappa shape index (κ2) is 7.57. The highest BCUT2D eigenvalue weighted by molar-refractivity contribution is 7.99. The third-order valence-corrected chi connectivity index (χ3v) is 4.99. The van der Waals surface area contributed by atoms with Gasteiger partial charge in [0.2, 0.25) is 0 Å². The number of nitrogens with zero attached hydrogens (tertiary/aromatic N) is 1. The Morgan fingerprint density at radius 2 is 1.94 bits per heavy atom. The van der Waals surface area contributed by atoms with Crippen LogP contribution in [-0.4, -0.2) is 49.1 Å². The molecule has 2 nitrogen and oxygen atoms in total. The van der Waals surface area contributed by atoms with Crippen molar-refractivity contribution in [2.24, 2.45) is 5.92 Å². The van der Waals surface area contributed by atoms with Crippen molar-refractivity contribution in [3.05, 3.63) is 0 Å². The van der Waals surface area contributed by atoms with Crippen LogP contribution in [-0.2, 0) is 0 Å². The molecule has 0 spiro atoms. The second-order valence-corrected chi connectivity index (χ2v) is 6.34. The summed E-state index contributed by atoms with van der Waals surface area (Å²) in [6.45, 7) is 6.38. The van der Waals surface area contributed by atoms with Crippen LogP contribution in [0.15, 0.2) is 0 Å². The first-order valence-corrected chi connectivity index (χ1v) is 8.11. The van der Waals surface area contributed by atoms with E-state index in [4.69, 9.17) is 0 Å². The van der Waals surface area contributed by atoms with Crippen LogP contribution in [0.5, 0.6) is 0 Å². The highest BCUT2D eigenvalue weighted by atomic mass is 32.2. The minimum absolute atomic E-state index is 0.953. The molecule has 3 heteroatoms. The third kappa shape index (κ3) is 4.64. The maximum Gasteiger partial charge on any atom is 0.0107 e. The first kappa shape index (κ1) is 12.7. The van der Waals surface area contributed by atoms with Gasteiger partial charge in [-0.25, -0.2) is 0 Å². The molecular formula is C13H26N2S. The summed E-state index contributed by atoms with van der Waals surface area (Å²) in [6.07, 6.45) is 7.16. The molecule has 1 atom stereocenters. The van der Waals surface area contributed by atoms with E-state index in [1.54, 1.807) is 0 Å². The van der Waals surface area contributed by atoms with Crippen LogP contribution in [0.2, 0.25) is 0 Å². The normalized spacial score (nSPS) is 28.1. The average Bonchev–Trinajstić information content (AvgIpc) is 2.68. The monoisotopic (exact) mass is 242 g/mol. The molecule has 94 valence electrons. The maximum atomic E-state index is 3.64. The Morgan fingerprint density at radius 1 is 1.12 bits per heavy atom. The van der Waals surface area contributed by atoms with E-state index in [9.17, 15) is 0 Å². The quantitative estimate of drug-likeness (QED) is 0.744. The van der Waals surface area contributed by atoms with E-state index in [2.05, 4.69) is 22.0 Å². The van der Waals surface area contributed by atoms with Crippen LogP contribution in [0.4, 0.5) is 0 Å². The van der Waals surface area contributed by atoms with E-state index in [1.807, 2.05) is 0 Å². The minimum atomic E-state index is 0.953. The van der Waals surface area contributed by atoms with Gasteiger partial charge in [-0.3, -0.25) is 0 Å². The van der Waals surface area contributed by atoms with Crippen LogP contribution < -0.4 is 5.32 Å². The average molecular weight is 242 g/mol. The van der Waals surface area contributed by atoms with Gasteiger partial charge in [0.05, 0.1) is 0 Å². The first-order valence-electron chi connectivity index (χ1n) is 6.96. The van der Waals surface area contributed by atoms with Gasteiger partial charge in [0.1, 0.15) is 0 Å². The van der Waals surface area contributed by atoms with Gasteiger partial charge in [-0.05, 0) is 56.3 Å². The fraction of sp³-hybridized carbons (Fsp3) is 1.00. The van der Waals surface area contributed by atoms with Gasteiger partial charge in [0, 0.05) is 13.1 Å². The summed E-state index contributed by atoms with van der Waals surface area (Å²) in [7, 11) is 0. The number of thioether (sulfide) groups is 1. The van der Waals surface area contributed by atoms with Gasteiger partial charge in [0.15, 0.2) is 0 Å². The lowest BCUT2D eigenvalue weighted by Crippen LogP contribution is -2.34. The van der Waals surface area contributed by atoms with Crippen LogP contribution in [0.3, 0.4) is 0 Å². The van der Waals surface area contributed by atoms with E-state index in [0.29, 0.717) is 0 Å². The summed E-state index contributed by atoms with van der Waals surface area (Å²) in [5.74, 6) is 3.73. The molecule has 0 aromatic carbocycles. The molecule has 2 fully saturated rings. The molecule has 2 saturated heterocycles. The molecule has 2 heterocycles. The van der Waals surface area contributed by atoms with Crippen molar-refractivity contribution in [2.75, 3.05) is 44.2 Å². The van der Waals surface area contributed by atoms with Crippen molar-refractivity contribution >= 4 is 11.8 Å². The molecule has 0 radical (unpaired) electrons. The van der Waals surface area contributed by atoms with Gasteiger partial charge in [-0.15, -0.1) is 0 Å². The Bertz CT molecular complexity index is 173. The zero-order valence-corrected chi connectivity index (χ0v) is 11.2. The Balaban J connectivity index is 1.49. The zero-order valence-electron chi connectivity index (χ0n) is 10.4. The van der Waals surface area contributed by atoms with Gasteiger partial charge >= 0.3 is 0 Å². The van der Waals surface area contributed by atoms with E-state index >= 15 is 0 Å². The maximum absolute atomic E-state index is 3.64. The Kier molecular flexibility index (Phi) is 6.02. The predicted octanol–water partition coefficient (Wildman–Crippen LogP) is 2.21. The van der Waals surface area contributed by atoms with Crippen molar-refractivity contribution in [3.63, 3.8) is 0 Å². The van der Waals surface area contributed by atoms with Crippen molar-refractivity contribution in [1.29, 1.82) is 0 Å². The van der Waals surface area contributed by atoms with E-state index in [1.165, 1.54) is 76.3 Å². The largest absolute Gasteiger partial charge is 0.315 e. The van der Waals surface area contributed by atoms with Crippen molar-refractivity contribution in [1.82, 2.24) is 10.2 Å². The summed E-state index contributed by atoms with van der Waals surface area (Å²) >= 11 is 2.12.